The highest BCUT2D eigenvalue weighted by Crippen LogP contribution is 2.68. The number of nitro groups is 1. The second kappa shape index (κ2) is 21.0. The number of carbonyl (C=O) groups is 3. The molecule has 4 aliphatic rings. The molecule has 61 heavy (non-hydrogen) atoms. The van der Waals surface area contributed by atoms with Gasteiger partial charge < -0.3 is 34.1 Å². The van der Waals surface area contributed by atoms with Gasteiger partial charge in [-0.05, 0) is 132 Å². The van der Waals surface area contributed by atoms with Crippen molar-refractivity contribution in [3.8, 4) is 0 Å². The molecular formula is C42H61N7O12. The Balaban J connectivity index is 0.935. The number of benzene rings is 1. The SMILES string of the molecule is C[C@H](CCC(=O)OCCOCCOCCOCCN=[N+]=[N-])C1CC[C@H]2[C@@H]3CC[C@@H]4C[C@H](OC(=O)[C@H](CC(=O)O)Nc5ccc([N+](=O)[O-])c6nonc56)CC[C@]4(C)[C@H]3CC[C@]12C. The van der Waals surface area contributed by atoms with E-state index in [1.165, 1.54) is 37.8 Å². The fourth-order valence-corrected chi connectivity index (χ4v) is 11.7. The van der Waals surface area contributed by atoms with Crippen molar-refractivity contribution in [2.45, 2.75) is 110 Å². The zero-order valence-corrected chi connectivity index (χ0v) is 35.5. The van der Waals surface area contributed by atoms with E-state index < -0.39 is 29.3 Å². The van der Waals surface area contributed by atoms with Gasteiger partial charge in [-0.25, -0.2) is 9.42 Å². The van der Waals surface area contributed by atoms with Gasteiger partial charge in [0.25, 0.3) is 0 Å². The number of anilines is 1. The second-order valence-corrected chi connectivity index (χ2v) is 17.9. The van der Waals surface area contributed by atoms with E-state index in [9.17, 15) is 29.6 Å². The Morgan fingerprint density at radius 1 is 0.967 bits per heavy atom. The van der Waals surface area contributed by atoms with E-state index in [0.717, 1.165) is 32.1 Å². The van der Waals surface area contributed by atoms with Crippen molar-refractivity contribution in [2.24, 2.45) is 51.5 Å². The number of esters is 2. The molecule has 2 aromatic rings. The molecule has 19 heteroatoms. The number of fused-ring (bicyclic) bond motifs is 6. The third-order valence-corrected chi connectivity index (χ3v) is 14.7. The van der Waals surface area contributed by atoms with Crippen molar-refractivity contribution in [2.75, 3.05) is 58.1 Å². The van der Waals surface area contributed by atoms with Gasteiger partial charge in [0.05, 0.1) is 56.7 Å². The monoisotopic (exact) mass is 855 g/mol. The number of carbonyl (C=O) groups excluding carboxylic acids is 2. The first-order chi connectivity index (χ1) is 29.4. The van der Waals surface area contributed by atoms with Crippen LogP contribution in [0.5, 0.6) is 0 Å². The molecule has 0 aliphatic heterocycles. The normalized spacial score (nSPS) is 29.0. The molecule has 0 amide bonds. The van der Waals surface area contributed by atoms with E-state index in [1.807, 2.05) is 0 Å². The first kappa shape index (κ1) is 45.9. The lowest BCUT2D eigenvalue weighted by molar-refractivity contribution is -0.383. The number of nitrogens with zero attached hydrogens (tertiary/aromatic N) is 6. The van der Waals surface area contributed by atoms with E-state index in [-0.39, 0.29) is 51.9 Å². The Kier molecular flexibility index (Phi) is 15.8. The molecule has 0 spiro atoms. The zero-order valence-electron chi connectivity index (χ0n) is 35.5. The lowest BCUT2D eigenvalue weighted by Gasteiger charge is -2.61. The molecule has 1 unspecified atom stereocenters. The molecule has 1 aromatic carbocycles. The third-order valence-electron chi connectivity index (χ3n) is 14.7. The number of carboxylic acid groups (broad SMARTS) is 1. The summed E-state index contributed by atoms with van der Waals surface area (Å²) >= 11 is 0. The average molecular weight is 856 g/mol. The Morgan fingerprint density at radius 3 is 2.38 bits per heavy atom. The smallest absolute Gasteiger partial charge is 0.329 e. The summed E-state index contributed by atoms with van der Waals surface area (Å²) in [6, 6.07) is 1.31. The number of hydrogen-bond donors (Lipinski definition) is 2. The van der Waals surface area contributed by atoms with Gasteiger partial charge in [0.15, 0.2) is 5.52 Å². The van der Waals surface area contributed by atoms with Crippen LogP contribution in [0.1, 0.15) is 97.8 Å². The minimum atomic E-state index is -1.25. The van der Waals surface area contributed by atoms with Crippen LogP contribution in [0.15, 0.2) is 21.9 Å². The van der Waals surface area contributed by atoms with Crippen LogP contribution in [0, 0.1) is 56.5 Å². The van der Waals surface area contributed by atoms with Gasteiger partial charge >= 0.3 is 23.6 Å². The second-order valence-electron chi connectivity index (χ2n) is 17.9. The van der Waals surface area contributed by atoms with E-state index in [1.54, 1.807) is 0 Å². The highest BCUT2D eigenvalue weighted by Gasteiger charge is 2.60. The average Bonchev–Trinajstić information content (AvgIpc) is 3.87. The predicted octanol–water partition coefficient (Wildman–Crippen LogP) is 7.28. The van der Waals surface area contributed by atoms with Crippen molar-refractivity contribution in [3.05, 3.63) is 32.7 Å². The van der Waals surface area contributed by atoms with Gasteiger partial charge in [-0.15, -0.1) is 0 Å². The molecule has 1 heterocycles. The van der Waals surface area contributed by atoms with Crippen LogP contribution in [-0.4, -0.2) is 103 Å². The van der Waals surface area contributed by atoms with Gasteiger partial charge in [-0.3, -0.25) is 19.7 Å². The first-order valence-electron chi connectivity index (χ1n) is 21.8. The largest absolute Gasteiger partial charge is 0.481 e. The van der Waals surface area contributed by atoms with Gasteiger partial charge in [0.1, 0.15) is 18.8 Å². The van der Waals surface area contributed by atoms with Crippen LogP contribution < -0.4 is 5.32 Å². The summed E-state index contributed by atoms with van der Waals surface area (Å²) in [7, 11) is 0. The fraction of sp³-hybridized carbons (Fsp3) is 0.786. The number of aromatic nitrogens is 2. The van der Waals surface area contributed by atoms with Crippen molar-refractivity contribution in [1.82, 2.24) is 10.3 Å². The lowest BCUT2D eigenvalue weighted by Crippen LogP contribution is -2.54. The maximum absolute atomic E-state index is 13.6. The maximum atomic E-state index is 13.6. The van der Waals surface area contributed by atoms with Crippen molar-refractivity contribution in [1.29, 1.82) is 0 Å². The number of hydrogen-bond acceptors (Lipinski definition) is 15. The lowest BCUT2D eigenvalue weighted by atomic mass is 9.44. The molecule has 0 radical (unpaired) electrons. The Morgan fingerprint density at radius 2 is 1.66 bits per heavy atom. The molecule has 10 atom stereocenters. The van der Waals surface area contributed by atoms with Gasteiger partial charge in [0, 0.05) is 23.9 Å². The Bertz CT molecular complexity index is 1890. The van der Waals surface area contributed by atoms with Crippen molar-refractivity contribution >= 4 is 40.3 Å². The summed E-state index contributed by atoms with van der Waals surface area (Å²) in [6.07, 6.45) is 9.62. The summed E-state index contributed by atoms with van der Waals surface area (Å²) in [5.41, 5.74) is 8.38. The van der Waals surface area contributed by atoms with E-state index in [4.69, 9.17) is 33.8 Å². The van der Waals surface area contributed by atoms with Crippen LogP contribution in [0.2, 0.25) is 0 Å². The highest BCUT2D eigenvalue weighted by molar-refractivity contribution is 5.95. The van der Waals surface area contributed by atoms with Gasteiger partial charge in [0.2, 0.25) is 5.52 Å². The zero-order chi connectivity index (χ0) is 43.6. The minimum Gasteiger partial charge on any atom is -0.481 e. The molecular weight excluding hydrogens is 794 g/mol. The number of aliphatic carboxylic acids is 1. The standard InChI is InChI=1S/C42H61N7O12/c1-26(4-11-37(52)59-23-22-58-21-20-57-19-18-56-17-16-44-48-43)30-7-8-31-29-6-5-27-24-28(12-14-41(27,2)32(29)13-15-42(30,31)3)60-40(53)34(25-36(50)51)45-33-9-10-35(49(54)55)39-38(33)46-61-47-39/h9-10,26-32,34,45H,4-8,11-25H2,1-3H3,(H,50,51)/t26-,27-,28-,29+,30?,31+,32+,34+,41+,42-/m1/s1. The molecule has 336 valence electrons. The topological polar surface area (TPSA) is 260 Å². The number of azide groups is 1. The number of nitro benzene ring substituents is 1. The van der Waals surface area contributed by atoms with E-state index in [2.05, 4.69) is 46.4 Å². The molecule has 2 N–H and O–H groups in total. The summed E-state index contributed by atoms with van der Waals surface area (Å²) in [5.74, 6) is 1.16. The molecule has 1 aromatic heterocycles. The van der Waals surface area contributed by atoms with Crippen LogP contribution in [0.25, 0.3) is 21.5 Å². The number of rotatable bonds is 23. The molecule has 4 aliphatic carbocycles. The quantitative estimate of drug-likeness (QED) is 0.0212. The molecule has 4 saturated carbocycles. The Labute approximate surface area is 355 Å². The fourth-order valence-electron chi connectivity index (χ4n) is 11.7. The molecule has 0 saturated heterocycles. The number of nitrogens with one attached hydrogen (secondary N) is 1. The Hall–Kier alpha value is -4.58. The van der Waals surface area contributed by atoms with Gasteiger partial charge in [-0.2, -0.15) is 0 Å². The molecule has 6 rings (SSSR count). The first-order valence-corrected chi connectivity index (χ1v) is 21.8. The number of non-ortho nitro benzene ring substituents is 1. The van der Waals surface area contributed by atoms with Crippen LogP contribution in [-0.2, 0) is 38.1 Å². The summed E-state index contributed by atoms with van der Waals surface area (Å²) in [5, 5.41) is 34.8. The molecule has 4 fully saturated rings. The molecule has 0 bridgehead atoms. The van der Waals surface area contributed by atoms with Crippen LogP contribution in [0.3, 0.4) is 0 Å². The highest BCUT2D eigenvalue weighted by atomic mass is 16.6. The van der Waals surface area contributed by atoms with Crippen molar-refractivity contribution in [3.63, 3.8) is 0 Å². The number of carboxylic acids is 1. The summed E-state index contributed by atoms with van der Waals surface area (Å²) in [4.78, 5) is 51.5. The van der Waals surface area contributed by atoms with E-state index in [0.29, 0.717) is 94.5 Å². The predicted molar refractivity (Wildman–Crippen MR) is 219 cm³/mol. The molecule has 19 nitrogen and oxygen atoms in total. The number of ether oxygens (including phenoxy) is 5. The third kappa shape index (κ3) is 10.9. The van der Waals surface area contributed by atoms with Crippen LogP contribution in [0.4, 0.5) is 11.4 Å². The minimum absolute atomic E-state index is 0.0210. The summed E-state index contributed by atoms with van der Waals surface area (Å²) in [6.45, 7) is 10.1. The summed E-state index contributed by atoms with van der Waals surface area (Å²) < 4.78 is 32.5. The maximum Gasteiger partial charge on any atom is 0.329 e. The van der Waals surface area contributed by atoms with Gasteiger partial charge in [-0.1, -0.05) is 25.9 Å². The van der Waals surface area contributed by atoms with Crippen LogP contribution >= 0.6 is 0 Å². The van der Waals surface area contributed by atoms with E-state index >= 15 is 0 Å². The van der Waals surface area contributed by atoms with Crippen molar-refractivity contribution < 1.29 is 52.7 Å².